The van der Waals surface area contributed by atoms with Crippen molar-refractivity contribution in [2.45, 2.75) is 41.2 Å². The molecular formula is C21H23N3O2. The number of aryl methyl sites for hydroxylation is 5. The molecular weight excluding hydrogens is 326 g/mol. The van der Waals surface area contributed by atoms with E-state index in [4.69, 9.17) is 0 Å². The molecule has 3 aromatic rings. The fourth-order valence-corrected chi connectivity index (χ4v) is 3.09. The highest BCUT2D eigenvalue weighted by molar-refractivity contribution is 6.04. The zero-order chi connectivity index (χ0) is 19.0. The second-order valence-electron chi connectivity index (χ2n) is 6.71. The van der Waals surface area contributed by atoms with Crippen LogP contribution in [0.2, 0.25) is 0 Å². The third-order valence-electron chi connectivity index (χ3n) is 4.72. The lowest BCUT2D eigenvalue weighted by atomic mass is 10.1. The van der Waals surface area contributed by atoms with E-state index in [1.807, 2.05) is 65.0 Å². The number of hydrogen-bond acceptors (Lipinski definition) is 3. The van der Waals surface area contributed by atoms with Crippen LogP contribution in [0.4, 0.5) is 5.69 Å². The van der Waals surface area contributed by atoms with Crippen LogP contribution < -0.4 is 10.9 Å². The van der Waals surface area contributed by atoms with Gasteiger partial charge in [0.25, 0.3) is 11.5 Å². The van der Waals surface area contributed by atoms with E-state index in [2.05, 4.69) is 10.3 Å². The first-order valence-corrected chi connectivity index (χ1v) is 8.72. The molecule has 0 spiro atoms. The number of carbonyl (C=O) groups excluding carboxylic acids is 1. The van der Waals surface area contributed by atoms with Gasteiger partial charge in [-0.05, 0) is 69.5 Å². The summed E-state index contributed by atoms with van der Waals surface area (Å²) in [5, 5.41) is 2.82. The summed E-state index contributed by atoms with van der Waals surface area (Å²) < 4.78 is 1.60. The van der Waals surface area contributed by atoms with Crippen molar-refractivity contribution in [2.24, 2.45) is 0 Å². The molecule has 0 bridgehead atoms. The summed E-state index contributed by atoms with van der Waals surface area (Å²) >= 11 is 0. The molecule has 0 saturated heterocycles. The van der Waals surface area contributed by atoms with Gasteiger partial charge in [0.05, 0.1) is 11.0 Å². The normalized spacial score (nSPS) is 11.0. The van der Waals surface area contributed by atoms with Crippen LogP contribution in [0.25, 0.3) is 11.0 Å². The topological polar surface area (TPSA) is 64.0 Å². The van der Waals surface area contributed by atoms with Crippen molar-refractivity contribution in [1.29, 1.82) is 0 Å². The van der Waals surface area contributed by atoms with Gasteiger partial charge in [-0.3, -0.25) is 9.59 Å². The summed E-state index contributed by atoms with van der Waals surface area (Å²) in [5.41, 5.74) is 5.87. The summed E-state index contributed by atoms with van der Waals surface area (Å²) in [7, 11) is 0. The molecule has 5 heteroatoms. The van der Waals surface area contributed by atoms with Crippen LogP contribution in [-0.2, 0) is 6.54 Å². The first kappa shape index (κ1) is 17.9. The third kappa shape index (κ3) is 3.12. The van der Waals surface area contributed by atoms with Crippen molar-refractivity contribution in [2.75, 3.05) is 5.32 Å². The number of rotatable bonds is 3. The average molecular weight is 349 g/mol. The summed E-state index contributed by atoms with van der Waals surface area (Å²) in [6.45, 7) is 10.3. The minimum Gasteiger partial charge on any atom is -0.320 e. The van der Waals surface area contributed by atoms with Crippen LogP contribution in [0.5, 0.6) is 0 Å². The Morgan fingerprint density at radius 1 is 1.04 bits per heavy atom. The molecule has 0 aliphatic rings. The maximum atomic E-state index is 12.8. The van der Waals surface area contributed by atoms with Gasteiger partial charge in [0.2, 0.25) is 0 Å². The minimum atomic E-state index is -0.482. The number of aromatic nitrogens is 2. The van der Waals surface area contributed by atoms with E-state index >= 15 is 0 Å². The van der Waals surface area contributed by atoms with Crippen molar-refractivity contribution in [3.8, 4) is 0 Å². The van der Waals surface area contributed by atoms with E-state index in [-0.39, 0.29) is 11.3 Å². The van der Waals surface area contributed by atoms with Crippen LogP contribution in [0.3, 0.4) is 0 Å². The van der Waals surface area contributed by atoms with Crippen molar-refractivity contribution in [1.82, 2.24) is 9.55 Å². The van der Waals surface area contributed by atoms with E-state index in [0.29, 0.717) is 17.7 Å². The fourth-order valence-electron chi connectivity index (χ4n) is 3.09. The molecule has 1 aromatic heterocycles. The maximum Gasteiger partial charge on any atom is 0.282 e. The Labute approximate surface area is 152 Å². The average Bonchev–Trinajstić information content (AvgIpc) is 2.58. The van der Waals surface area contributed by atoms with Crippen LogP contribution in [0.1, 0.15) is 39.7 Å². The van der Waals surface area contributed by atoms with Gasteiger partial charge in [-0.1, -0.05) is 17.7 Å². The molecule has 5 nitrogen and oxygen atoms in total. The van der Waals surface area contributed by atoms with Crippen LogP contribution >= 0.6 is 0 Å². The lowest BCUT2D eigenvalue weighted by molar-refractivity contribution is 0.102. The molecule has 1 heterocycles. The van der Waals surface area contributed by atoms with Gasteiger partial charge in [0.1, 0.15) is 0 Å². The Morgan fingerprint density at radius 3 is 2.38 bits per heavy atom. The number of nitrogens with one attached hydrogen (secondary N) is 1. The number of carbonyl (C=O) groups is 1. The van der Waals surface area contributed by atoms with E-state index in [0.717, 1.165) is 27.8 Å². The molecule has 0 atom stereocenters. The number of anilines is 1. The van der Waals surface area contributed by atoms with E-state index < -0.39 is 5.91 Å². The maximum absolute atomic E-state index is 12.8. The number of hydrogen-bond donors (Lipinski definition) is 1. The van der Waals surface area contributed by atoms with Gasteiger partial charge in [-0.25, -0.2) is 4.98 Å². The first-order chi connectivity index (χ1) is 12.3. The van der Waals surface area contributed by atoms with Gasteiger partial charge in [0.15, 0.2) is 5.69 Å². The number of benzene rings is 2. The number of amides is 1. The van der Waals surface area contributed by atoms with Gasteiger partial charge >= 0.3 is 0 Å². The molecule has 0 fully saturated rings. The molecule has 0 saturated carbocycles. The molecule has 0 aliphatic carbocycles. The highest BCUT2D eigenvalue weighted by Crippen LogP contribution is 2.19. The Bertz CT molecular complexity index is 1080. The number of fused-ring (bicyclic) bond motifs is 1. The molecule has 3 rings (SSSR count). The largest absolute Gasteiger partial charge is 0.320 e. The molecule has 2 aromatic carbocycles. The quantitative estimate of drug-likeness (QED) is 0.780. The first-order valence-electron chi connectivity index (χ1n) is 8.72. The van der Waals surface area contributed by atoms with E-state index in [1.165, 1.54) is 0 Å². The second-order valence-corrected chi connectivity index (χ2v) is 6.71. The predicted molar refractivity (Wildman–Crippen MR) is 105 cm³/mol. The zero-order valence-corrected chi connectivity index (χ0v) is 15.8. The molecule has 1 amide bonds. The van der Waals surface area contributed by atoms with Crippen molar-refractivity contribution < 1.29 is 4.79 Å². The molecule has 0 unspecified atom stereocenters. The Hall–Kier alpha value is -2.95. The molecule has 134 valence electrons. The molecule has 0 aliphatic heterocycles. The van der Waals surface area contributed by atoms with E-state index in [9.17, 15) is 9.59 Å². The van der Waals surface area contributed by atoms with Crippen LogP contribution in [-0.4, -0.2) is 15.5 Å². The molecule has 1 N–H and O–H groups in total. The van der Waals surface area contributed by atoms with Gasteiger partial charge < -0.3 is 9.88 Å². The summed E-state index contributed by atoms with van der Waals surface area (Å²) in [4.78, 5) is 30.0. The van der Waals surface area contributed by atoms with E-state index in [1.54, 1.807) is 4.57 Å². The standard InChI is InChI=1S/C21H23N3O2/c1-6-24-18-11-14(4)13(3)10-17(18)22-19(21(24)26)20(25)23-16-8-7-12(2)9-15(16)5/h7-11H,6H2,1-5H3,(H,23,25). The van der Waals surface area contributed by atoms with Crippen molar-refractivity contribution in [3.05, 3.63) is 68.6 Å². The Balaban J connectivity index is 2.12. The van der Waals surface area contributed by atoms with Crippen LogP contribution in [0.15, 0.2) is 35.1 Å². The van der Waals surface area contributed by atoms with Gasteiger partial charge in [-0.15, -0.1) is 0 Å². The lowest BCUT2D eigenvalue weighted by Crippen LogP contribution is -2.31. The third-order valence-corrected chi connectivity index (χ3v) is 4.72. The van der Waals surface area contributed by atoms with Crippen molar-refractivity contribution >= 4 is 22.6 Å². The summed E-state index contributed by atoms with van der Waals surface area (Å²) in [6, 6.07) is 9.63. The second kappa shape index (κ2) is 6.75. The lowest BCUT2D eigenvalue weighted by Gasteiger charge is -2.13. The minimum absolute atomic E-state index is 0.0809. The highest BCUT2D eigenvalue weighted by atomic mass is 16.2. The van der Waals surface area contributed by atoms with Crippen molar-refractivity contribution in [3.63, 3.8) is 0 Å². The SMILES string of the molecule is CCn1c(=O)c(C(=O)Nc2ccc(C)cc2C)nc2cc(C)c(C)cc21. The Morgan fingerprint density at radius 2 is 1.73 bits per heavy atom. The zero-order valence-electron chi connectivity index (χ0n) is 15.8. The smallest absolute Gasteiger partial charge is 0.282 e. The summed E-state index contributed by atoms with van der Waals surface area (Å²) in [5.74, 6) is -0.482. The fraction of sp³-hybridized carbons (Fsp3) is 0.286. The Kier molecular flexibility index (Phi) is 4.64. The number of nitrogens with zero attached hydrogens (tertiary/aromatic N) is 2. The molecule has 26 heavy (non-hydrogen) atoms. The highest BCUT2D eigenvalue weighted by Gasteiger charge is 2.18. The molecule has 0 radical (unpaired) electrons. The summed E-state index contributed by atoms with van der Waals surface area (Å²) in [6.07, 6.45) is 0. The predicted octanol–water partition coefficient (Wildman–Crippen LogP) is 3.90. The van der Waals surface area contributed by atoms with Gasteiger partial charge in [-0.2, -0.15) is 0 Å². The monoisotopic (exact) mass is 349 g/mol. The van der Waals surface area contributed by atoms with Gasteiger partial charge in [0, 0.05) is 12.2 Å². The van der Waals surface area contributed by atoms with Crippen LogP contribution in [0, 0.1) is 27.7 Å².